The Bertz CT molecular complexity index is 1310. The van der Waals surface area contributed by atoms with Crippen molar-refractivity contribution < 1.29 is 28.2 Å². The lowest BCUT2D eigenvalue weighted by Gasteiger charge is -2.30. The quantitative estimate of drug-likeness (QED) is 0.551. The smallest absolute Gasteiger partial charge is 0.294 e. The van der Waals surface area contributed by atoms with Crippen molar-refractivity contribution in [2.24, 2.45) is 0 Å². The number of carbonyl (C=O) groups is 2. The molecule has 0 radical (unpaired) electrons. The summed E-state index contributed by atoms with van der Waals surface area (Å²) < 4.78 is 30.7. The molecule has 1 N–H and O–H groups in total. The molecule has 0 saturated carbocycles. The van der Waals surface area contributed by atoms with Crippen LogP contribution in [0.1, 0.15) is 11.1 Å². The monoisotopic (exact) mass is 480 g/mol. The number of rotatable bonds is 5. The lowest BCUT2D eigenvalue weighted by Crippen LogP contribution is -2.44. The van der Waals surface area contributed by atoms with E-state index in [1.54, 1.807) is 36.4 Å². The fraction of sp³-hybridized carbons (Fsp3) is 0.120. The van der Waals surface area contributed by atoms with Crippen molar-refractivity contribution in [1.82, 2.24) is 5.32 Å². The van der Waals surface area contributed by atoms with E-state index in [0.29, 0.717) is 22.9 Å². The van der Waals surface area contributed by atoms with Gasteiger partial charge in [0.05, 0.1) is 10.7 Å². The second-order valence-corrected chi connectivity index (χ2v) is 7.98. The maximum atomic E-state index is 14.3. The molecule has 0 spiro atoms. The van der Waals surface area contributed by atoms with Gasteiger partial charge in [0.25, 0.3) is 5.91 Å². The Labute approximate surface area is 199 Å². The normalized spacial score (nSPS) is 15.2. The highest BCUT2D eigenvalue weighted by Crippen LogP contribution is 2.36. The molecular formula is C25H18ClFN2O5. The molecule has 0 bridgehead atoms. The third-order valence-corrected chi connectivity index (χ3v) is 5.67. The number of fused-ring (bicyclic) bond motifs is 2. The number of nitrogens with zero attached hydrogens (tertiary/aromatic N) is 1. The van der Waals surface area contributed by atoms with Crippen molar-refractivity contribution in [2.75, 3.05) is 18.2 Å². The summed E-state index contributed by atoms with van der Waals surface area (Å²) in [4.78, 5) is 27.2. The number of nitrogens with one attached hydrogen (secondary N) is 1. The maximum absolute atomic E-state index is 14.3. The van der Waals surface area contributed by atoms with Gasteiger partial charge in [-0.2, -0.15) is 0 Å². The Kier molecular flexibility index (Phi) is 5.81. The summed E-state index contributed by atoms with van der Waals surface area (Å²) in [6.45, 7) is 0.146. The fourth-order valence-electron chi connectivity index (χ4n) is 3.65. The van der Waals surface area contributed by atoms with Gasteiger partial charge in [-0.05, 0) is 48.0 Å². The van der Waals surface area contributed by atoms with Gasteiger partial charge in [0.15, 0.2) is 23.0 Å². The van der Waals surface area contributed by atoms with Crippen molar-refractivity contribution in [3.63, 3.8) is 0 Å². The number of hydrogen-bond donors (Lipinski definition) is 1. The van der Waals surface area contributed by atoms with Gasteiger partial charge in [0.1, 0.15) is 12.4 Å². The van der Waals surface area contributed by atoms with E-state index in [1.165, 1.54) is 29.2 Å². The molecule has 34 heavy (non-hydrogen) atoms. The van der Waals surface area contributed by atoms with E-state index in [0.717, 1.165) is 5.56 Å². The van der Waals surface area contributed by atoms with Crippen LogP contribution in [0.3, 0.4) is 0 Å². The molecule has 0 fully saturated rings. The highest BCUT2D eigenvalue weighted by molar-refractivity contribution is 6.32. The van der Waals surface area contributed by atoms with Gasteiger partial charge in [-0.25, -0.2) is 4.39 Å². The van der Waals surface area contributed by atoms with E-state index in [1.807, 2.05) is 6.07 Å². The van der Waals surface area contributed by atoms with Crippen LogP contribution < -0.4 is 24.4 Å². The zero-order valence-electron chi connectivity index (χ0n) is 17.7. The Balaban J connectivity index is 1.36. The summed E-state index contributed by atoms with van der Waals surface area (Å²) in [5.74, 6) is -0.0744. The molecule has 2 heterocycles. The van der Waals surface area contributed by atoms with E-state index >= 15 is 0 Å². The van der Waals surface area contributed by atoms with E-state index in [9.17, 15) is 14.0 Å². The number of halogens is 2. The Morgan fingerprint density at radius 1 is 1.06 bits per heavy atom. The second kappa shape index (κ2) is 9.07. The average Bonchev–Trinajstić information content (AvgIpc) is 3.30. The van der Waals surface area contributed by atoms with Crippen LogP contribution in [0.15, 0.2) is 66.4 Å². The Morgan fingerprint density at radius 3 is 2.74 bits per heavy atom. The van der Waals surface area contributed by atoms with Crippen molar-refractivity contribution >= 4 is 35.2 Å². The van der Waals surface area contributed by atoms with Crippen molar-refractivity contribution in [2.45, 2.75) is 6.54 Å². The SMILES string of the molecule is O=C(CN1C(=O)/C(=C/c2c(F)cccc2Cl)Oc2ccccc21)NCc1ccc2c(c1)OCO2. The summed E-state index contributed by atoms with van der Waals surface area (Å²) >= 11 is 6.11. The van der Waals surface area contributed by atoms with Crippen LogP contribution in [0.2, 0.25) is 5.02 Å². The number of amides is 2. The molecule has 172 valence electrons. The minimum atomic E-state index is -0.594. The van der Waals surface area contributed by atoms with Gasteiger partial charge in [-0.1, -0.05) is 35.9 Å². The fourth-order valence-corrected chi connectivity index (χ4v) is 3.87. The largest absolute Gasteiger partial charge is 0.454 e. The number of anilines is 1. The summed E-state index contributed by atoms with van der Waals surface area (Å²) in [5.41, 5.74) is 1.28. The summed E-state index contributed by atoms with van der Waals surface area (Å²) in [6.07, 6.45) is 1.24. The second-order valence-electron chi connectivity index (χ2n) is 7.57. The van der Waals surface area contributed by atoms with Gasteiger partial charge in [-0.15, -0.1) is 0 Å². The van der Waals surface area contributed by atoms with Crippen LogP contribution in [-0.4, -0.2) is 25.2 Å². The third kappa shape index (κ3) is 4.27. The Morgan fingerprint density at radius 2 is 1.88 bits per heavy atom. The number of carbonyl (C=O) groups excluding carboxylic acids is 2. The minimum absolute atomic E-state index is 0.0270. The molecule has 9 heteroatoms. The van der Waals surface area contributed by atoms with Gasteiger partial charge in [0.2, 0.25) is 12.7 Å². The predicted molar refractivity (Wildman–Crippen MR) is 123 cm³/mol. The van der Waals surface area contributed by atoms with E-state index < -0.39 is 11.7 Å². The van der Waals surface area contributed by atoms with E-state index in [-0.39, 0.29) is 42.1 Å². The molecule has 3 aromatic rings. The molecule has 2 aliphatic rings. The summed E-state index contributed by atoms with van der Waals surface area (Å²) in [7, 11) is 0. The summed E-state index contributed by atoms with van der Waals surface area (Å²) in [6, 6.07) is 16.4. The first kappa shape index (κ1) is 21.8. The molecule has 0 atom stereocenters. The van der Waals surface area contributed by atoms with Gasteiger partial charge >= 0.3 is 0 Å². The molecule has 0 aliphatic carbocycles. The molecule has 0 unspecified atom stereocenters. The number of para-hydroxylation sites is 2. The highest BCUT2D eigenvalue weighted by Gasteiger charge is 2.32. The first-order valence-corrected chi connectivity index (χ1v) is 10.8. The van der Waals surface area contributed by atoms with Crippen LogP contribution in [0.25, 0.3) is 6.08 Å². The lowest BCUT2D eigenvalue weighted by atomic mass is 10.1. The van der Waals surface area contributed by atoms with Crippen molar-refractivity contribution in [3.05, 3.63) is 88.4 Å². The predicted octanol–water partition coefficient (Wildman–Crippen LogP) is 4.29. The van der Waals surface area contributed by atoms with Crippen molar-refractivity contribution in [3.8, 4) is 17.2 Å². The van der Waals surface area contributed by atoms with Crippen molar-refractivity contribution in [1.29, 1.82) is 0 Å². The minimum Gasteiger partial charge on any atom is -0.454 e. The molecule has 2 amide bonds. The number of hydrogen-bond acceptors (Lipinski definition) is 5. The number of benzene rings is 3. The van der Waals surface area contributed by atoms with Gasteiger partial charge in [0, 0.05) is 12.1 Å². The molecule has 3 aromatic carbocycles. The highest BCUT2D eigenvalue weighted by atomic mass is 35.5. The molecule has 5 rings (SSSR count). The van der Waals surface area contributed by atoms with Crippen LogP contribution >= 0.6 is 11.6 Å². The standard InChI is InChI=1S/C25H18ClFN2O5/c26-17-4-3-5-18(27)16(17)11-23-25(31)29(19-6-1-2-7-20(19)34-23)13-24(30)28-12-15-8-9-21-22(10-15)33-14-32-21/h1-11H,12-14H2,(H,28,30)/b23-11-. The molecule has 7 nitrogen and oxygen atoms in total. The van der Waals surface area contributed by atoms with Gasteiger partial charge < -0.3 is 19.5 Å². The number of ether oxygens (including phenoxy) is 3. The summed E-state index contributed by atoms with van der Waals surface area (Å²) in [5, 5.41) is 2.94. The average molecular weight is 481 g/mol. The molecular weight excluding hydrogens is 463 g/mol. The zero-order chi connectivity index (χ0) is 23.7. The van der Waals surface area contributed by atoms with Crippen LogP contribution in [0.4, 0.5) is 10.1 Å². The zero-order valence-corrected chi connectivity index (χ0v) is 18.5. The molecule has 0 saturated heterocycles. The lowest BCUT2D eigenvalue weighted by molar-refractivity contribution is -0.123. The topological polar surface area (TPSA) is 77.1 Å². The first-order valence-electron chi connectivity index (χ1n) is 10.4. The van der Waals surface area contributed by atoms with Crippen LogP contribution in [0, 0.1) is 5.82 Å². The maximum Gasteiger partial charge on any atom is 0.294 e. The van der Waals surface area contributed by atoms with Gasteiger partial charge in [-0.3, -0.25) is 14.5 Å². The third-order valence-electron chi connectivity index (χ3n) is 5.34. The van der Waals surface area contributed by atoms with E-state index in [2.05, 4.69) is 5.32 Å². The van der Waals surface area contributed by atoms with E-state index in [4.69, 9.17) is 25.8 Å². The molecule has 0 aromatic heterocycles. The van der Waals surface area contributed by atoms with Crippen LogP contribution in [0.5, 0.6) is 17.2 Å². The molecule has 2 aliphatic heterocycles. The Hall–Kier alpha value is -4.04. The van der Waals surface area contributed by atoms with Crippen LogP contribution in [-0.2, 0) is 16.1 Å². The first-order chi connectivity index (χ1) is 16.5.